The second-order valence-electron chi connectivity index (χ2n) is 1.80. The smallest absolute Gasteiger partial charge is 0.280 e. The summed E-state index contributed by atoms with van der Waals surface area (Å²) >= 11 is 16.5. The van der Waals surface area contributed by atoms with E-state index in [4.69, 9.17) is 23.2 Å². The Bertz CT molecular complexity index is 298. The predicted octanol–water partition coefficient (Wildman–Crippen LogP) is 4.52. The number of hydrogen-bond donors (Lipinski definition) is 0. The Balaban J connectivity index is 0.000000500. The molecule has 0 aliphatic heterocycles. The Labute approximate surface area is 111 Å². The molecule has 75 valence electrons. The molecule has 0 saturated carbocycles. The molecule has 0 saturated heterocycles. The van der Waals surface area contributed by atoms with E-state index < -0.39 is 27.5 Å². The van der Waals surface area contributed by atoms with Gasteiger partial charge >= 0.3 is 16.0 Å². The molecule has 1 rings (SSSR count). The van der Waals surface area contributed by atoms with E-state index in [9.17, 15) is 13.2 Å². The van der Waals surface area contributed by atoms with Gasteiger partial charge in [0.2, 0.25) is 0 Å². The first-order chi connectivity index (χ1) is 6.45. The van der Waals surface area contributed by atoms with E-state index in [1.807, 2.05) is 0 Å². The molecular weight excluding hydrogens is 384 g/mol. The normalized spacial score (nSPS) is 8.79. The molecule has 1 aromatic carbocycles. The van der Waals surface area contributed by atoms with Crippen LogP contribution >= 0.6 is 49.0 Å². The molecular formula is C6Br2Cl2F3Mg. The number of hydrogen-bond acceptors (Lipinski definition) is 0. The Morgan fingerprint density at radius 2 is 1.29 bits per heavy atom. The zero-order valence-corrected chi connectivity index (χ0v) is 12.5. The van der Waals surface area contributed by atoms with Crippen LogP contribution in [0.3, 0.4) is 0 Å². The largest absolute Gasteiger partial charge is 0.560 e. The van der Waals surface area contributed by atoms with Gasteiger partial charge in [0.25, 0.3) is 0 Å². The number of halogens is 7. The molecule has 0 spiro atoms. The third-order valence-electron chi connectivity index (χ3n) is 0.990. The molecule has 0 nitrogen and oxygen atoms in total. The van der Waals surface area contributed by atoms with Crippen LogP contribution in [-0.2, 0) is 0 Å². The lowest BCUT2D eigenvalue weighted by Gasteiger charge is -1.98. The number of rotatable bonds is 0. The summed E-state index contributed by atoms with van der Waals surface area (Å²) in [4.78, 5) is 0. The minimum absolute atomic E-state index is 0.0417. The van der Waals surface area contributed by atoms with Crippen LogP contribution in [0.4, 0.5) is 13.2 Å². The zero-order valence-electron chi connectivity index (χ0n) is 6.35. The first-order valence-electron chi connectivity index (χ1n) is 2.98. The van der Waals surface area contributed by atoms with E-state index in [2.05, 4.69) is 25.8 Å². The molecule has 0 unspecified atom stereocenters. The summed E-state index contributed by atoms with van der Waals surface area (Å²) in [6.45, 7) is 0. The van der Waals surface area contributed by atoms with E-state index in [0.29, 0.717) is 0 Å². The topological polar surface area (TPSA) is 0 Å². The molecule has 1 radical (unpaired) electrons. The quantitative estimate of drug-likeness (QED) is 0.351. The zero-order chi connectivity index (χ0) is 11.3. The van der Waals surface area contributed by atoms with Crippen LogP contribution in [0.5, 0.6) is 0 Å². The van der Waals surface area contributed by atoms with Crippen LogP contribution in [0.1, 0.15) is 0 Å². The van der Waals surface area contributed by atoms with Crippen molar-refractivity contribution in [1.82, 2.24) is 0 Å². The van der Waals surface area contributed by atoms with Crippen molar-refractivity contribution in [3.05, 3.63) is 33.6 Å². The highest BCUT2D eigenvalue weighted by Crippen LogP contribution is 2.27. The summed E-state index contributed by atoms with van der Waals surface area (Å²) in [6, 6.07) is 1.51. The Morgan fingerprint density at radius 3 is 1.57 bits per heavy atom. The highest BCUT2D eigenvalue weighted by atomic mass is 79.9. The fourth-order valence-electron chi connectivity index (χ4n) is 0.495. The molecule has 0 N–H and O–H groups in total. The van der Waals surface area contributed by atoms with E-state index in [0.717, 1.165) is 0 Å². The highest BCUT2D eigenvalue weighted by Gasteiger charge is 2.15. The van der Waals surface area contributed by atoms with Crippen molar-refractivity contribution in [1.29, 1.82) is 0 Å². The second kappa shape index (κ2) is 7.57. The summed E-state index contributed by atoms with van der Waals surface area (Å²) < 4.78 is 37.1. The van der Waals surface area contributed by atoms with Crippen molar-refractivity contribution in [2.24, 2.45) is 0 Å². The van der Waals surface area contributed by atoms with Gasteiger partial charge in [-0.3, -0.25) is 25.8 Å². The summed E-state index contributed by atoms with van der Waals surface area (Å²) in [7, 11) is 0. The van der Waals surface area contributed by atoms with E-state index >= 15 is 0 Å². The van der Waals surface area contributed by atoms with Crippen LogP contribution < -0.4 is 0 Å². The standard InChI is InChI=1S/C6Cl2F3.2BrH.Mg/c7-4-2(9)1-3(10)5(8)6(4)11;;;/h;2*1H;/q;;;+2/p-2. The minimum atomic E-state index is -1.30. The molecule has 0 bridgehead atoms. The maximum atomic E-state index is 12.5. The average molecular weight is 384 g/mol. The summed E-state index contributed by atoms with van der Waals surface area (Å²) in [5.41, 5.74) is 0. The maximum absolute atomic E-state index is 12.5. The van der Waals surface area contributed by atoms with Gasteiger partial charge in [-0.2, -0.15) is 0 Å². The van der Waals surface area contributed by atoms with Gasteiger partial charge in [0, 0.05) is 0 Å². The van der Waals surface area contributed by atoms with E-state index in [1.165, 1.54) is 6.07 Å². The van der Waals surface area contributed by atoms with Gasteiger partial charge < -0.3 is 0 Å². The fraction of sp³-hybridized carbons (Fsp3) is 0. The molecule has 8 heteroatoms. The lowest BCUT2D eigenvalue weighted by molar-refractivity contribution is 0.542. The highest BCUT2D eigenvalue weighted by molar-refractivity contribution is 9.47. The molecule has 14 heavy (non-hydrogen) atoms. The first kappa shape index (κ1) is 15.3. The lowest BCUT2D eigenvalue weighted by atomic mass is 10.3. The fourth-order valence-corrected chi connectivity index (χ4v) is 0.827. The van der Waals surface area contributed by atoms with Gasteiger partial charge in [0.05, 0.1) is 6.07 Å². The number of benzene rings is 1. The Morgan fingerprint density at radius 1 is 1.00 bits per heavy atom. The Hall–Kier alpha value is 1.32. The van der Waals surface area contributed by atoms with Gasteiger partial charge in [0.15, 0.2) is 17.5 Å². The van der Waals surface area contributed by atoms with Gasteiger partial charge in [-0.1, -0.05) is 23.2 Å². The molecule has 0 heterocycles. The second-order valence-corrected chi connectivity index (χ2v) is 10.6. The SMILES string of the molecule is Fc1[c]c(F)c(Cl)c(F)c1Cl.[Br][Mg][Br]. The van der Waals surface area contributed by atoms with Crippen molar-refractivity contribution < 1.29 is 13.2 Å². The van der Waals surface area contributed by atoms with E-state index in [1.54, 1.807) is 0 Å². The third-order valence-corrected chi connectivity index (χ3v) is 1.65. The van der Waals surface area contributed by atoms with Gasteiger partial charge in [0.1, 0.15) is 10.0 Å². The predicted molar refractivity (Wildman–Crippen MR) is 58.8 cm³/mol. The van der Waals surface area contributed by atoms with E-state index in [-0.39, 0.29) is 16.0 Å². The lowest BCUT2D eigenvalue weighted by Crippen LogP contribution is -1.89. The molecule has 0 aromatic heterocycles. The maximum Gasteiger partial charge on any atom is 0.560 e. The van der Waals surface area contributed by atoms with Crippen molar-refractivity contribution >= 4 is 65.0 Å². The van der Waals surface area contributed by atoms with Crippen molar-refractivity contribution in [3.8, 4) is 0 Å². The molecule has 0 amide bonds. The molecule has 0 aliphatic carbocycles. The summed E-state index contributed by atoms with van der Waals surface area (Å²) in [6.07, 6.45) is 0. The molecule has 0 fully saturated rings. The van der Waals surface area contributed by atoms with Crippen LogP contribution in [0.25, 0.3) is 0 Å². The van der Waals surface area contributed by atoms with Gasteiger partial charge in [-0.25, -0.2) is 13.2 Å². The van der Waals surface area contributed by atoms with Crippen molar-refractivity contribution in [2.45, 2.75) is 0 Å². The summed E-state index contributed by atoms with van der Waals surface area (Å²) in [5.74, 6) is -3.88. The average Bonchev–Trinajstić information content (AvgIpc) is 2.13. The molecule has 0 atom stereocenters. The van der Waals surface area contributed by atoms with Gasteiger partial charge in [-0.05, 0) is 0 Å². The Kier molecular flexibility index (Phi) is 8.28. The monoisotopic (exact) mass is 381 g/mol. The minimum Gasteiger partial charge on any atom is -0.280 e. The van der Waals surface area contributed by atoms with Gasteiger partial charge in [-0.15, -0.1) is 0 Å². The van der Waals surface area contributed by atoms with Crippen LogP contribution in [0, 0.1) is 23.5 Å². The van der Waals surface area contributed by atoms with Crippen LogP contribution in [-0.4, -0.2) is 16.0 Å². The third kappa shape index (κ3) is 4.45. The molecule has 1 aromatic rings. The van der Waals surface area contributed by atoms with Crippen molar-refractivity contribution in [3.63, 3.8) is 0 Å². The molecule has 0 aliphatic rings. The first-order valence-corrected chi connectivity index (χ1v) is 11.5. The summed E-state index contributed by atoms with van der Waals surface area (Å²) in [5, 5.41) is -1.70. The van der Waals surface area contributed by atoms with Crippen LogP contribution in [0.15, 0.2) is 0 Å². The van der Waals surface area contributed by atoms with Crippen molar-refractivity contribution in [2.75, 3.05) is 0 Å². The van der Waals surface area contributed by atoms with Crippen LogP contribution in [0.2, 0.25) is 10.0 Å².